The zero-order valence-corrected chi connectivity index (χ0v) is 20.9. The zero-order chi connectivity index (χ0) is 25.7. The first-order chi connectivity index (χ1) is 17.5. The fourth-order valence-electron chi connectivity index (χ4n) is 3.49. The van der Waals surface area contributed by atoms with Crippen molar-refractivity contribution >= 4 is 34.1 Å². The van der Waals surface area contributed by atoms with Gasteiger partial charge in [-0.2, -0.15) is 10.5 Å². The largest absolute Gasteiger partial charge is 0.493 e. The van der Waals surface area contributed by atoms with Crippen molar-refractivity contribution in [2.24, 2.45) is 5.10 Å². The first-order valence-electron chi connectivity index (χ1n) is 10.7. The summed E-state index contributed by atoms with van der Waals surface area (Å²) < 4.78 is 3.81. The number of nitrogens with one attached hydrogen (secondary N) is 2. The summed E-state index contributed by atoms with van der Waals surface area (Å²) in [5.41, 5.74) is 6.18. The van der Waals surface area contributed by atoms with E-state index in [-0.39, 0.29) is 26.1 Å². The molecule has 0 unspecified atom stereocenters. The molecule has 0 aliphatic heterocycles. The molecule has 2 aromatic carbocycles. The van der Waals surface area contributed by atoms with E-state index in [1.165, 1.54) is 15.9 Å². The van der Waals surface area contributed by atoms with Gasteiger partial charge in [0.05, 0.1) is 5.69 Å². The summed E-state index contributed by atoms with van der Waals surface area (Å²) in [6.45, 7) is 6.38. The molecule has 4 rings (SSSR count). The number of hydrogen-bond acceptors (Lipinski definition) is 8. The minimum Gasteiger partial charge on any atom is -0.493 e. The molecule has 36 heavy (non-hydrogen) atoms. The van der Waals surface area contributed by atoms with E-state index in [1.807, 2.05) is 59.3 Å². The fraction of sp³-hybridized carbons (Fsp3) is 0.0769. The third-order valence-corrected chi connectivity index (χ3v) is 7.26. The van der Waals surface area contributed by atoms with E-state index in [9.17, 15) is 15.6 Å². The smallest absolute Gasteiger partial charge is 0.226 e. The summed E-state index contributed by atoms with van der Waals surface area (Å²) >= 11 is 2.36. The molecule has 8 nitrogen and oxygen atoms in total. The number of allylic oxidation sites excluding steroid dienone is 1. The van der Waals surface area contributed by atoms with Gasteiger partial charge >= 0.3 is 0 Å². The molecule has 10 heteroatoms. The monoisotopic (exact) mass is 511 g/mol. The molecule has 0 spiro atoms. The second-order valence-electron chi connectivity index (χ2n) is 7.60. The van der Waals surface area contributed by atoms with E-state index >= 15 is 0 Å². The molecule has 0 saturated carbocycles. The Labute approximate surface area is 214 Å². The average Bonchev–Trinajstić information content (AvgIpc) is 3.45. The number of para-hydroxylation sites is 1. The number of thiazole rings is 2. The Bertz CT molecular complexity index is 1740. The number of nitriles is 2. The maximum atomic E-state index is 10.8. The minimum absolute atomic E-state index is 0.0742. The van der Waals surface area contributed by atoms with E-state index in [2.05, 4.69) is 17.1 Å². The van der Waals surface area contributed by atoms with Gasteiger partial charge in [0.25, 0.3) is 0 Å². The van der Waals surface area contributed by atoms with Crippen molar-refractivity contribution in [3.8, 4) is 29.1 Å². The van der Waals surface area contributed by atoms with Crippen LogP contribution in [0.4, 0.5) is 0 Å². The molecule has 0 amide bonds. The van der Waals surface area contributed by atoms with E-state index in [4.69, 9.17) is 5.41 Å². The predicted molar refractivity (Wildman–Crippen MR) is 141 cm³/mol. The molecule has 0 saturated heterocycles. The molecular weight excluding hydrogens is 490 g/mol. The highest BCUT2D eigenvalue weighted by Crippen LogP contribution is 2.20. The van der Waals surface area contributed by atoms with Gasteiger partial charge in [0, 0.05) is 17.6 Å². The number of benzene rings is 2. The molecular formula is C26H21N7OS2. The molecule has 0 aliphatic carbocycles. The summed E-state index contributed by atoms with van der Waals surface area (Å²) in [4.78, 5) is 0.595. The Morgan fingerprint density at radius 1 is 1.17 bits per heavy atom. The molecule has 2 aromatic heterocycles. The Morgan fingerprint density at radius 2 is 1.86 bits per heavy atom. The number of nitrogens with zero attached hydrogens (tertiary/aromatic N) is 5. The van der Waals surface area contributed by atoms with Gasteiger partial charge < -0.3 is 9.67 Å². The standard InChI is InChI=1S/C26H21N7OS2/c1-3-13-32-21(18-11-9-17(2)10-12-18)16-35-26(32)31-30-24(34)22-23(29)33(20-7-5-4-6-8-20)25(36-22)19(14-27)15-28/h3-12,16,29-30,34H,1,13H2,2H3/b24-22+,29-23?,31-26+. The predicted octanol–water partition coefficient (Wildman–Crippen LogP) is 2.97. The van der Waals surface area contributed by atoms with Crippen LogP contribution in [0.5, 0.6) is 0 Å². The number of aromatic nitrogens is 2. The van der Waals surface area contributed by atoms with E-state index in [0.717, 1.165) is 28.2 Å². The summed E-state index contributed by atoms with van der Waals surface area (Å²) in [6.07, 6.45) is 1.77. The topological polar surface area (TPSA) is 126 Å². The van der Waals surface area contributed by atoms with Crippen LogP contribution in [0.15, 0.2) is 77.7 Å². The Hall–Kier alpha value is -4.64. The molecule has 0 fully saturated rings. The van der Waals surface area contributed by atoms with Gasteiger partial charge in [-0.3, -0.25) is 9.98 Å². The van der Waals surface area contributed by atoms with Crippen LogP contribution in [0, 0.1) is 35.0 Å². The molecule has 0 bridgehead atoms. The second-order valence-corrected chi connectivity index (χ2v) is 9.43. The highest BCUT2D eigenvalue weighted by Gasteiger charge is 2.12. The third kappa shape index (κ3) is 4.77. The lowest BCUT2D eigenvalue weighted by molar-refractivity contribution is 0.458. The summed E-state index contributed by atoms with van der Waals surface area (Å²) in [7, 11) is 0. The molecule has 178 valence electrons. The second kappa shape index (κ2) is 10.7. The van der Waals surface area contributed by atoms with Crippen molar-refractivity contribution in [1.29, 1.82) is 15.9 Å². The van der Waals surface area contributed by atoms with Crippen LogP contribution in [0.25, 0.3) is 28.4 Å². The first kappa shape index (κ1) is 24.5. The van der Waals surface area contributed by atoms with Crippen molar-refractivity contribution in [3.63, 3.8) is 0 Å². The Balaban J connectivity index is 1.86. The van der Waals surface area contributed by atoms with Crippen LogP contribution in [0.1, 0.15) is 5.56 Å². The molecule has 0 atom stereocenters. The van der Waals surface area contributed by atoms with Crippen LogP contribution >= 0.6 is 22.7 Å². The summed E-state index contributed by atoms with van der Waals surface area (Å²) in [6, 6.07) is 20.8. The van der Waals surface area contributed by atoms with Crippen molar-refractivity contribution in [1.82, 2.24) is 14.6 Å². The summed E-state index contributed by atoms with van der Waals surface area (Å²) in [5, 5.41) is 44.8. The fourth-order valence-corrected chi connectivity index (χ4v) is 5.38. The Kier molecular flexibility index (Phi) is 7.31. The number of hydrogen-bond donors (Lipinski definition) is 3. The lowest BCUT2D eigenvalue weighted by Gasteiger charge is -2.07. The number of aryl methyl sites for hydroxylation is 1. The Morgan fingerprint density at radius 3 is 2.50 bits per heavy atom. The zero-order valence-electron chi connectivity index (χ0n) is 19.3. The van der Waals surface area contributed by atoms with Gasteiger partial charge in [-0.25, -0.2) is 5.43 Å². The van der Waals surface area contributed by atoms with E-state index in [0.29, 0.717) is 17.0 Å². The van der Waals surface area contributed by atoms with Crippen molar-refractivity contribution in [3.05, 3.63) is 97.7 Å². The van der Waals surface area contributed by atoms with Gasteiger partial charge in [-0.05, 0) is 24.6 Å². The van der Waals surface area contributed by atoms with Gasteiger partial charge in [0.2, 0.25) is 10.7 Å². The first-order valence-corrected chi connectivity index (χ1v) is 12.4. The van der Waals surface area contributed by atoms with Gasteiger partial charge in [0.1, 0.15) is 21.3 Å². The number of aliphatic hydroxyl groups is 1. The van der Waals surface area contributed by atoms with Gasteiger partial charge in [-0.1, -0.05) is 54.1 Å². The highest BCUT2D eigenvalue weighted by atomic mass is 32.1. The normalized spacial score (nSPS) is 11.9. The van der Waals surface area contributed by atoms with Crippen molar-refractivity contribution in [2.45, 2.75) is 13.5 Å². The maximum Gasteiger partial charge on any atom is 0.226 e. The molecule has 2 heterocycles. The SMILES string of the molecule is C=CCn1c(-c2ccc(C)cc2)cs/c1=N/N/C(O)=c1\sc(=C(C#N)C#N)n(-c2ccccc2)c1=N. The van der Waals surface area contributed by atoms with Crippen LogP contribution in [0.2, 0.25) is 0 Å². The number of rotatable bonds is 6. The average molecular weight is 512 g/mol. The third-order valence-electron chi connectivity index (χ3n) is 5.22. The van der Waals surface area contributed by atoms with Gasteiger partial charge in [0.15, 0.2) is 11.1 Å². The van der Waals surface area contributed by atoms with Gasteiger partial charge in [-0.15, -0.1) is 34.4 Å². The van der Waals surface area contributed by atoms with Crippen LogP contribution in [-0.4, -0.2) is 14.2 Å². The maximum absolute atomic E-state index is 10.8. The quantitative estimate of drug-likeness (QED) is 0.272. The molecule has 0 radical (unpaired) electrons. The lowest BCUT2D eigenvalue weighted by atomic mass is 10.1. The van der Waals surface area contributed by atoms with E-state index in [1.54, 1.807) is 30.3 Å². The van der Waals surface area contributed by atoms with Crippen molar-refractivity contribution < 1.29 is 5.11 Å². The lowest BCUT2D eigenvalue weighted by Crippen LogP contribution is -2.34. The molecule has 4 aromatic rings. The minimum atomic E-state index is -0.355. The molecule has 0 aliphatic rings. The number of aliphatic hydroxyl groups excluding tert-OH is 1. The van der Waals surface area contributed by atoms with Crippen LogP contribution in [0.3, 0.4) is 0 Å². The van der Waals surface area contributed by atoms with Crippen LogP contribution in [-0.2, 0) is 6.54 Å². The van der Waals surface area contributed by atoms with Crippen LogP contribution < -0.4 is 24.9 Å². The highest BCUT2D eigenvalue weighted by molar-refractivity contribution is 7.07. The van der Waals surface area contributed by atoms with E-state index < -0.39 is 0 Å². The summed E-state index contributed by atoms with van der Waals surface area (Å²) in [5.74, 6) is -0.355. The van der Waals surface area contributed by atoms with Crippen molar-refractivity contribution in [2.75, 3.05) is 0 Å². The molecule has 3 N–H and O–H groups in total.